The monoisotopic (exact) mass is 546 g/mol. The van der Waals surface area contributed by atoms with Crippen LogP contribution in [0.25, 0.3) is 0 Å². The zero-order valence-electron chi connectivity index (χ0n) is 21.7. The molecule has 1 saturated heterocycles. The van der Waals surface area contributed by atoms with Crippen molar-refractivity contribution >= 4 is 17.3 Å². The Labute approximate surface area is 230 Å². The maximum atomic E-state index is 13.8. The summed E-state index contributed by atoms with van der Waals surface area (Å²) in [5.41, 5.74) is 2.60. The second kappa shape index (κ2) is 12.1. The maximum absolute atomic E-state index is 13.8. The molecule has 0 radical (unpaired) electrons. The third kappa shape index (κ3) is 6.70. The second-order valence-electron chi connectivity index (χ2n) is 9.72. The molecule has 3 aromatic carbocycles. The van der Waals surface area contributed by atoms with Gasteiger partial charge in [-0.3, -0.25) is 19.8 Å². The first kappa shape index (κ1) is 27.0. The summed E-state index contributed by atoms with van der Waals surface area (Å²) in [7, 11) is 0. The number of nitro benzene ring substituents is 1. The fourth-order valence-corrected chi connectivity index (χ4v) is 4.82. The fourth-order valence-electron chi connectivity index (χ4n) is 4.82. The van der Waals surface area contributed by atoms with E-state index in [1.807, 2.05) is 11.0 Å². The molecular formula is C30H28F2N4O4. The molecule has 206 valence electrons. The van der Waals surface area contributed by atoms with E-state index in [9.17, 15) is 23.7 Å². The number of benzene rings is 3. The molecule has 0 aliphatic carbocycles. The number of rotatable bonds is 9. The van der Waals surface area contributed by atoms with E-state index < -0.39 is 4.92 Å². The molecule has 40 heavy (non-hydrogen) atoms. The lowest BCUT2D eigenvalue weighted by atomic mass is 10.1. The highest BCUT2D eigenvalue weighted by Gasteiger charge is 2.25. The quantitative estimate of drug-likeness (QED) is 0.200. The Morgan fingerprint density at radius 1 is 0.825 bits per heavy atom. The fraction of sp³-hybridized carbons (Fsp3) is 0.233. The van der Waals surface area contributed by atoms with E-state index in [0.717, 1.165) is 16.8 Å². The Morgan fingerprint density at radius 3 is 2.20 bits per heavy atom. The molecule has 1 aliphatic rings. The number of non-ortho nitro benzene ring substituents is 1. The highest BCUT2D eigenvalue weighted by atomic mass is 19.1. The molecule has 1 fully saturated rings. The summed E-state index contributed by atoms with van der Waals surface area (Å²) in [6, 6.07) is 22.4. The van der Waals surface area contributed by atoms with Gasteiger partial charge in [-0.2, -0.15) is 0 Å². The molecular weight excluding hydrogens is 518 g/mol. The van der Waals surface area contributed by atoms with Crippen molar-refractivity contribution in [2.24, 2.45) is 0 Å². The van der Waals surface area contributed by atoms with Crippen LogP contribution in [0.15, 0.2) is 89.3 Å². The summed E-state index contributed by atoms with van der Waals surface area (Å²) in [5.74, 6) is -0.00977. The predicted molar refractivity (Wildman–Crippen MR) is 146 cm³/mol. The minimum absolute atomic E-state index is 0.0401. The van der Waals surface area contributed by atoms with Crippen molar-refractivity contribution in [2.75, 3.05) is 31.1 Å². The van der Waals surface area contributed by atoms with Crippen LogP contribution in [0.4, 0.5) is 20.2 Å². The summed E-state index contributed by atoms with van der Waals surface area (Å²) >= 11 is 0. The van der Waals surface area contributed by atoms with Gasteiger partial charge in [-0.15, -0.1) is 0 Å². The zero-order valence-corrected chi connectivity index (χ0v) is 21.7. The third-order valence-electron chi connectivity index (χ3n) is 6.86. The molecule has 4 aromatic rings. The van der Waals surface area contributed by atoms with Crippen molar-refractivity contribution in [2.45, 2.75) is 19.6 Å². The van der Waals surface area contributed by atoms with E-state index in [-0.39, 0.29) is 29.0 Å². The average Bonchev–Trinajstić information content (AvgIpc) is 3.42. The van der Waals surface area contributed by atoms with Crippen LogP contribution in [0.2, 0.25) is 0 Å². The number of halogens is 2. The highest BCUT2D eigenvalue weighted by molar-refractivity contribution is 5.91. The SMILES string of the molecule is O=C(c1ccc(CN(Cc2ccc(F)cc2)Cc2cccc(F)c2)o1)N1CCN(c2ccc([N+](=O)[O-])cc2)CC1. The lowest BCUT2D eigenvalue weighted by Gasteiger charge is -2.35. The number of carbonyl (C=O) groups is 1. The van der Waals surface area contributed by atoms with Crippen LogP contribution in [0.5, 0.6) is 0 Å². The van der Waals surface area contributed by atoms with Crippen LogP contribution < -0.4 is 4.90 Å². The smallest absolute Gasteiger partial charge is 0.289 e. The predicted octanol–water partition coefficient (Wildman–Crippen LogP) is 5.63. The van der Waals surface area contributed by atoms with Crippen LogP contribution >= 0.6 is 0 Å². The molecule has 1 aliphatic heterocycles. The summed E-state index contributed by atoms with van der Waals surface area (Å²) in [6.07, 6.45) is 0. The Balaban J connectivity index is 1.22. The first-order valence-corrected chi connectivity index (χ1v) is 12.9. The molecule has 8 nitrogen and oxygen atoms in total. The van der Waals surface area contributed by atoms with Gasteiger partial charge in [-0.1, -0.05) is 24.3 Å². The summed E-state index contributed by atoms with van der Waals surface area (Å²) in [5, 5.41) is 10.9. The molecule has 0 unspecified atom stereocenters. The number of hydrogen-bond acceptors (Lipinski definition) is 6. The molecule has 0 saturated carbocycles. The highest BCUT2D eigenvalue weighted by Crippen LogP contribution is 2.22. The number of amides is 1. The number of nitrogens with zero attached hydrogens (tertiary/aromatic N) is 4. The van der Waals surface area contributed by atoms with Crippen molar-refractivity contribution in [3.05, 3.63) is 129 Å². The van der Waals surface area contributed by atoms with Crippen molar-refractivity contribution in [1.82, 2.24) is 9.80 Å². The van der Waals surface area contributed by atoms with Gasteiger partial charge in [0.1, 0.15) is 17.4 Å². The Hall–Kier alpha value is -4.57. The van der Waals surface area contributed by atoms with Gasteiger partial charge >= 0.3 is 0 Å². The van der Waals surface area contributed by atoms with Gasteiger partial charge in [-0.25, -0.2) is 8.78 Å². The van der Waals surface area contributed by atoms with Gasteiger partial charge in [0.05, 0.1) is 11.5 Å². The van der Waals surface area contributed by atoms with Gasteiger partial charge in [0.15, 0.2) is 5.76 Å². The van der Waals surface area contributed by atoms with Crippen LogP contribution in [-0.4, -0.2) is 46.8 Å². The van der Waals surface area contributed by atoms with Crippen molar-refractivity contribution in [1.29, 1.82) is 0 Å². The van der Waals surface area contributed by atoms with Crippen molar-refractivity contribution in [3.63, 3.8) is 0 Å². The molecule has 5 rings (SSSR count). The number of carbonyl (C=O) groups excluding carboxylic acids is 1. The molecule has 0 bridgehead atoms. The average molecular weight is 547 g/mol. The number of hydrogen-bond donors (Lipinski definition) is 0. The summed E-state index contributed by atoms with van der Waals surface area (Å²) in [6.45, 7) is 3.45. The minimum Gasteiger partial charge on any atom is -0.455 e. The van der Waals surface area contributed by atoms with E-state index in [2.05, 4.69) is 4.90 Å². The van der Waals surface area contributed by atoms with E-state index in [0.29, 0.717) is 51.6 Å². The van der Waals surface area contributed by atoms with Gasteiger partial charge in [0.2, 0.25) is 0 Å². The molecule has 10 heteroatoms. The maximum Gasteiger partial charge on any atom is 0.289 e. The third-order valence-corrected chi connectivity index (χ3v) is 6.86. The molecule has 1 aromatic heterocycles. The summed E-state index contributed by atoms with van der Waals surface area (Å²) < 4.78 is 33.2. The minimum atomic E-state index is -0.429. The Kier molecular flexibility index (Phi) is 8.16. The largest absolute Gasteiger partial charge is 0.455 e. The summed E-state index contributed by atoms with van der Waals surface area (Å²) in [4.78, 5) is 29.5. The van der Waals surface area contributed by atoms with Crippen molar-refractivity contribution < 1.29 is 22.9 Å². The van der Waals surface area contributed by atoms with Gasteiger partial charge < -0.3 is 14.2 Å². The normalized spacial score (nSPS) is 13.6. The van der Waals surface area contributed by atoms with Crippen molar-refractivity contribution in [3.8, 4) is 0 Å². The Morgan fingerprint density at radius 2 is 1.52 bits per heavy atom. The lowest BCUT2D eigenvalue weighted by molar-refractivity contribution is -0.384. The Bertz CT molecular complexity index is 1470. The van der Waals surface area contributed by atoms with E-state index in [1.54, 1.807) is 47.4 Å². The van der Waals surface area contributed by atoms with Crippen LogP contribution in [0.3, 0.4) is 0 Å². The van der Waals surface area contributed by atoms with Crippen LogP contribution in [-0.2, 0) is 19.6 Å². The first-order valence-electron chi connectivity index (χ1n) is 12.9. The van der Waals surface area contributed by atoms with E-state index >= 15 is 0 Å². The number of furan rings is 1. The van der Waals surface area contributed by atoms with E-state index in [4.69, 9.17) is 4.42 Å². The molecule has 0 spiro atoms. The topological polar surface area (TPSA) is 83.1 Å². The lowest BCUT2D eigenvalue weighted by Crippen LogP contribution is -2.48. The number of piperazine rings is 1. The zero-order chi connectivity index (χ0) is 28.1. The molecule has 1 amide bonds. The molecule has 0 N–H and O–H groups in total. The second-order valence-corrected chi connectivity index (χ2v) is 9.72. The first-order chi connectivity index (χ1) is 19.3. The number of nitro groups is 1. The molecule has 2 heterocycles. The van der Waals surface area contributed by atoms with Crippen LogP contribution in [0.1, 0.15) is 27.4 Å². The molecule has 0 atom stereocenters. The number of anilines is 1. The van der Waals surface area contributed by atoms with Gasteiger partial charge in [0.25, 0.3) is 11.6 Å². The van der Waals surface area contributed by atoms with E-state index in [1.165, 1.54) is 36.4 Å². The van der Waals surface area contributed by atoms with Gasteiger partial charge in [-0.05, 0) is 59.7 Å². The van der Waals surface area contributed by atoms with Crippen LogP contribution in [0, 0.1) is 21.7 Å². The standard InChI is InChI=1S/C30H28F2N4O4/c31-24-6-4-22(5-7-24)19-33(20-23-2-1-3-25(32)18-23)21-28-12-13-29(40-28)30(37)35-16-14-34(15-17-35)26-8-10-27(11-9-26)36(38)39/h1-13,18H,14-17,19-21H2. The van der Waals surface area contributed by atoms with Gasteiger partial charge in [0, 0.05) is 57.1 Å².